The second-order valence-corrected chi connectivity index (χ2v) is 6.18. The zero-order valence-electron chi connectivity index (χ0n) is 14.1. The van der Waals surface area contributed by atoms with Gasteiger partial charge in [-0.3, -0.25) is 4.79 Å². The molecule has 3 aromatic rings. The van der Waals surface area contributed by atoms with Crippen LogP contribution in [0, 0.1) is 13.8 Å². The van der Waals surface area contributed by atoms with Crippen molar-refractivity contribution >= 4 is 11.6 Å². The van der Waals surface area contributed by atoms with Crippen LogP contribution in [0.15, 0.2) is 73.1 Å². The lowest BCUT2D eigenvalue weighted by molar-refractivity contribution is -0.116. The van der Waals surface area contributed by atoms with E-state index in [1.807, 2.05) is 55.7 Å². The summed E-state index contributed by atoms with van der Waals surface area (Å²) in [6, 6.07) is 20.2. The molecule has 0 radical (unpaired) electrons. The SMILES string of the molecule is Cc1ccc(NC(=O)CC(c2ccc(C)cc2)n2cccc2)cc1. The van der Waals surface area contributed by atoms with Gasteiger partial charge in [-0.15, -0.1) is 0 Å². The predicted molar refractivity (Wildman–Crippen MR) is 98.2 cm³/mol. The third-order valence-corrected chi connectivity index (χ3v) is 4.16. The molecule has 1 N–H and O–H groups in total. The van der Waals surface area contributed by atoms with Gasteiger partial charge < -0.3 is 9.88 Å². The van der Waals surface area contributed by atoms with Gasteiger partial charge in [-0.05, 0) is 43.7 Å². The lowest BCUT2D eigenvalue weighted by Gasteiger charge is -2.19. The number of benzene rings is 2. The first-order chi connectivity index (χ1) is 11.6. The Kier molecular flexibility index (Phi) is 4.80. The number of aromatic nitrogens is 1. The smallest absolute Gasteiger partial charge is 0.226 e. The molecule has 24 heavy (non-hydrogen) atoms. The molecular formula is C21H22N2O. The molecule has 3 heteroatoms. The fraction of sp³-hybridized carbons (Fsp3) is 0.190. The molecule has 0 saturated heterocycles. The summed E-state index contributed by atoms with van der Waals surface area (Å²) in [6.07, 6.45) is 4.40. The summed E-state index contributed by atoms with van der Waals surface area (Å²) in [5.74, 6) is 0.0122. The number of anilines is 1. The van der Waals surface area contributed by atoms with Gasteiger partial charge in [0, 0.05) is 18.1 Å². The van der Waals surface area contributed by atoms with Gasteiger partial charge in [-0.2, -0.15) is 0 Å². The van der Waals surface area contributed by atoms with Crippen LogP contribution in [0.3, 0.4) is 0 Å². The maximum Gasteiger partial charge on any atom is 0.226 e. The minimum Gasteiger partial charge on any atom is -0.346 e. The highest BCUT2D eigenvalue weighted by atomic mass is 16.1. The largest absolute Gasteiger partial charge is 0.346 e. The molecule has 0 aliphatic rings. The van der Waals surface area contributed by atoms with Crippen LogP contribution >= 0.6 is 0 Å². The number of hydrogen-bond donors (Lipinski definition) is 1. The molecule has 2 aromatic carbocycles. The molecular weight excluding hydrogens is 296 g/mol. The Balaban J connectivity index is 1.77. The molecule has 122 valence electrons. The molecule has 3 nitrogen and oxygen atoms in total. The molecule has 1 unspecified atom stereocenters. The van der Waals surface area contributed by atoms with E-state index in [-0.39, 0.29) is 11.9 Å². The Hall–Kier alpha value is -2.81. The molecule has 1 atom stereocenters. The Labute approximate surface area is 143 Å². The second-order valence-electron chi connectivity index (χ2n) is 6.18. The monoisotopic (exact) mass is 318 g/mol. The van der Waals surface area contributed by atoms with Crippen molar-refractivity contribution in [3.05, 3.63) is 89.7 Å². The fourth-order valence-electron chi connectivity index (χ4n) is 2.76. The maximum absolute atomic E-state index is 12.5. The topological polar surface area (TPSA) is 34.0 Å². The van der Waals surface area contributed by atoms with E-state index in [4.69, 9.17) is 0 Å². The van der Waals surface area contributed by atoms with E-state index in [0.717, 1.165) is 11.3 Å². The molecule has 0 spiro atoms. The van der Waals surface area contributed by atoms with Crippen LogP contribution in [-0.2, 0) is 4.79 Å². The van der Waals surface area contributed by atoms with Gasteiger partial charge in [0.1, 0.15) is 0 Å². The van der Waals surface area contributed by atoms with Gasteiger partial charge in [-0.1, -0.05) is 47.5 Å². The van der Waals surface area contributed by atoms with Crippen molar-refractivity contribution in [2.45, 2.75) is 26.3 Å². The first-order valence-electron chi connectivity index (χ1n) is 8.17. The van der Waals surface area contributed by atoms with Crippen molar-refractivity contribution in [3.8, 4) is 0 Å². The van der Waals surface area contributed by atoms with Crippen molar-refractivity contribution in [2.24, 2.45) is 0 Å². The zero-order valence-corrected chi connectivity index (χ0v) is 14.1. The highest BCUT2D eigenvalue weighted by Gasteiger charge is 2.17. The lowest BCUT2D eigenvalue weighted by Crippen LogP contribution is -2.19. The number of nitrogens with zero attached hydrogens (tertiary/aromatic N) is 1. The number of rotatable bonds is 5. The van der Waals surface area contributed by atoms with Gasteiger partial charge in [-0.25, -0.2) is 0 Å². The van der Waals surface area contributed by atoms with Gasteiger partial charge in [0.05, 0.1) is 12.5 Å². The Morgan fingerprint density at radius 2 is 1.46 bits per heavy atom. The van der Waals surface area contributed by atoms with Gasteiger partial charge >= 0.3 is 0 Å². The van der Waals surface area contributed by atoms with Crippen molar-refractivity contribution in [1.82, 2.24) is 4.57 Å². The third kappa shape index (κ3) is 3.93. The summed E-state index contributed by atoms with van der Waals surface area (Å²) in [4.78, 5) is 12.5. The molecule has 0 bridgehead atoms. The Morgan fingerprint density at radius 3 is 2.04 bits per heavy atom. The molecule has 0 aliphatic heterocycles. The number of nitrogens with one attached hydrogen (secondary N) is 1. The second kappa shape index (κ2) is 7.18. The van der Waals surface area contributed by atoms with Crippen LogP contribution in [0.1, 0.15) is 29.2 Å². The highest BCUT2D eigenvalue weighted by molar-refractivity contribution is 5.91. The number of aryl methyl sites for hydroxylation is 2. The van der Waals surface area contributed by atoms with Crippen molar-refractivity contribution < 1.29 is 4.79 Å². The Bertz CT molecular complexity index is 787. The number of carbonyl (C=O) groups excluding carboxylic acids is 1. The van der Waals surface area contributed by atoms with Crippen LogP contribution in [0.25, 0.3) is 0 Å². The molecule has 1 amide bonds. The van der Waals surface area contributed by atoms with Crippen molar-refractivity contribution in [2.75, 3.05) is 5.32 Å². The number of hydrogen-bond acceptors (Lipinski definition) is 1. The van der Waals surface area contributed by atoms with E-state index in [1.165, 1.54) is 11.1 Å². The summed E-state index contributed by atoms with van der Waals surface area (Å²) in [5, 5.41) is 2.99. The quantitative estimate of drug-likeness (QED) is 0.725. The molecule has 0 saturated carbocycles. The van der Waals surface area contributed by atoms with Crippen molar-refractivity contribution in [1.29, 1.82) is 0 Å². The van der Waals surface area contributed by atoms with Crippen LogP contribution in [0.2, 0.25) is 0 Å². The van der Waals surface area contributed by atoms with Gasteiger partial charge in [0.15, 0.2) is 0 Å². The summed E-state index contributed by atoms with van der Waals surface area (Å²) in [5.41, 5.74) is 4.36. The number of amides is 1. The average Bonchev–Trinajstić information content (AvgIpc) is 3.10. The van der Waals surface area contributed by atoms with Crippen molar-refractivity contribution in [3.63, 3.8) is 0 Å². The lowest BCUT2D eigenvalue weighted by atomic mass is 10.0. The average molecular weight is 318 g/mol. The Morgan fingerprint density at radius 1 is 0.917 bits per heavy atom. The molecule has 1 heterocycles. The summed E-state index contributed by atoms with van der Waals surface area (Å²) in [6.45, 7) is 4.10. The van der Waals surface area contributed by atoms with Gasteiger partial charge in [0.2, 0.25) is 5.91 Å². The van der Waals surface area contributed by atoms with E-state index in [2.05, 4.69) is 41.1 Å². The van der Waals surface area contributed by atoms with E-state index in [1.54, 1.807) is 0 Å². The third-order valence-electron chi connectivity index (χ3n) is 4.16. The predicted octanol–water partition coefficient (Wildman–Crippen LogP) is 4.72. The van der Waals surface area contributed by atoms with E-state index in [9.17, 15) is 4.79 Å². The molecule has 0 fully saturated rings. The van der Waals surface area contributed by atoms with E-state index in [0.29, 0.717) is 6.42 Å². The van der Waals surface area contributed by atoms with Crippen LogP contribution in [-0.4, -0.2) is 10.5 Å². The van der Waals surface area contributed by atoms with Crippen LogP contribution < -0.4 is 5.32 Å². The molecule has 0 aliphatic carbocycles. The zero-order chi connectivity index (χ0) is 16.9. The fourth-order valence-corrected chi connectivity index (χ4v) is 2.76. The first kappa shape index (κ1) is 16.1. The standard InChI is InChI=1S/C21H22N2O/c1-16-5-9-18(10-6-16)20(23-13-3-4-14-23)15-21(24)22-19-11-7-17(2)8-12-19/h3-14,20H,15H2,1-2H3,(H,22,24). The van der Waals surface area contributed by atoms with E-state index >= 15 is 0 Å². The molecule has 1 aromatic heterocycles. The normalized spacial score (nSPS) is 11.9. The summed E-state index contributed by atoms with van der Waals surface area (Å²) < 4.78 is 2.08. The summed E-state index contributed by atoms with van der Waals surface area (Å²) in [7, 11) is 0. The maximum atomic E-state index is 12.5. The highest BCUT2D eigenvalue weighted by Crippen LogP contribution is 2.23. The minimum absolute atomic E-state index is 0.00829. The number of carbonyl (C=O) groups is 1. The van der Waals surface area contributed by atoms with Crippen LogP contribution in [0.5, 0.6) is 0 Å². The molecule has 3 rings (SSSR count). The first-order valence-corrected chi connectivity index (χ1v) is 8.17. The van der Waals surface area contributed by atoms with E-state index < -0.39 is 0 Å². The van der Waals surface area contributed by atoms with Crippen LogP contribution in [0.4, 0.5) is 5.69 Å². The minimum atomic E-state index is -0.00829. The summed E-state index contributed by atoms with van der Waals surface area (Å²) >= 11 is 0. The van der Waals surface area contributed by atoms with Gasteiger partial charge in [0.25, 0.3) is 0 Å².